The second-order valence-electron chi connectivity index (χ2n) is 13.9. The number of rotatable bonds is 12. The van der Waals surface area contributed by atoms with Crippen molar-refractivity contribution in [3.63, 3.8) is 0 Å². The van der Waals surface area contributed by atoms with Crippen LogP contribution in [0.25, 0.3) is 0 Å². The van der Waals surface area contributed by atoms with Crippen LogP contribution in [0.2, 0.25) is 16.6 Å². The first-order valence-corrected chi connectivity index (χ1v) is 19.4. The Bertz CT molecular complexity index is 1600. The fraction of sp³-hybridized carbons (Fsp3) is 0.538. The third-order valence-corrected chi connectivity index (χ3v) is 15.9. The fourth-order valence-electron chi connectivity index (χ4n) is 7.35. The molecule has 1 heterocycles. The highest BCUT2D eigenvalue weighted by Crippen LogP contribution is 2.44. The Morgan fingerprint density at radius 2 is 1.39 bits per heavy atom. The van der Waals surface area contributed by atoms with E-state index in [2.05, 4.69) is 53.0 Å². The molecule has 1 fully saturated rings. The van der Waals surface area contributed by atoms with Crippen LogP contribution in [0, 0.1) is 18.4 Å². The van der Waals surface area contributed by atoms with Crippen molar-refractivity contribution in [2.24, 2.45) is 0 Å². The van der Waals surface area contributed by atoms with E-state index < -0.39 is 68.9 Å². The number of benzene rings is 2. The Hall–Kier alpha value is -4.18. The van der Waals surface area contributed by atoms with Gasteiger partial charge in [-0.05, 0) is 64.9 Å². The number of carbonyl (C=O) groups excluding carboxylic acids is 3. The third kappa shape index (κ3) is 9.58. The molecule has 51 heavy (non-hydrogen) atoms. The Morgan fingerprint density at radius 3 is 1.88 bits per heavy atom. The number of carbonyl (C=O) groups is 4. The first-order chi connectivity index (χ1) is 23.9. The molecule has 1 aliphatic heterocycles. The lowest BCUT2D eigenvalue weighted by molar-refractivity contribution is -0.367. The molecular formula is C39H52O11Si. The van der Waals surface area contributed by atoms with Gasteiger partial charge in [0.05, 0.1) is 0 Å². The van der Waals surface area contributed by atoms with Crippen molar-refractivity contribution in [1.29, 1.82) is 0 Å². The standard InChI is InChI=1S/C39H52O11Si/c1-23(2)51(24(3)4,25(5)6)19-18-30-13-15-31(16-14-30)20-32-21-33(17-12-26(32)7)39(45-11)37(49-29(10)42)36(48-28(9)41)35(47-27(8)40)34(50-39)22-46-38(43)44/h12-17,21,23-25,34-37H,20,22H2,1-11H3,(H,43,44)/t34-,35-,36+,37-,39?/m1/s1. The van der Waals surface area contributed by atoms with Crippen molar-refractivity contribution in [3.8, 4) is 11.5 Å². The minimum atomic E-state index is -1.95. The fourth-order valence-corrected chi connectivity index (χ4v) is 12.6. The summed E-state index contributed by atoms with van der Waals surface area (Å²) in [5.74, 6) is -0.759. The largest absolute Gasteiger partial charge is 0.505 e. The van der Waals surface area contributed by atoms with E-state index in [1.165, 1.54) is 7.11 Å². The molecule has 1 unspecified atom stereocenters. The number of hydrogen-bond donors (Lipinski definition) is 1. The summed E-state index contributed by atoms with van der Waals surface area (Å²) in [4.78, 5) is 48.5. The van der Waals surface area contributed by atoms with E-state index in [1.807, 2.05) is 43.3 Å². The highest BCUT2D eigenvalue weighted by Gasteiger charge is 2.61. The molecule has 0 bridgehead atoms. The number of hydrogen-bond acceptors (Lipinski definition) is 10. The molecular weight excluding hydrogens is 673 g/mol. The summed E-state index contributed by atoms with van der Waals surface area (Å²) >= 11 is 0. The van der Waals surface area contributed by atoms with Crippen molar-refractivity contribution in [1.82, 2.24) is 0 Å². The predicted octanol–water partition coefficient (Wildman–Crippen LogP) is 6.84. The second-order valence-corrected chi connectivity index (χ2v) is 19.5. The molecule has 12 heteroatoms. The molecule has 0 aromatic heterocycles. The number of methoxy groups -OCH3 is 1. The molecule has 11 nitrogen and oxygen atoms in total. The van der Waals surface area contributed by atoms with Gasteiger partial charge in [-0.3, -0.25) is 14.4 Å². The van der Waals surface area contributed by atoms with Crippen LogP contribution in [0.4, 0.5) is 4.79 Å². The summed E-state index contributed by atoms with van der Waals surface area (Å²) < 4.78 is 34.0. The van der Waals surface area contributed by atoms with Gasteiger partial charge >= 0.3 is 24.1 Å². The minimum absolute atomic E-state index is 0.385. The smallest absolute Gasteiger partial charge is 0.455 e. The van der Waals surface area contributed by atoms with E-state index in [1.54, 1.807) is 6.07 Å². The molecule has 0 saturated carbocycles. The molecule has 0 radical (unpaired) electrons. The Morgan fingerprint density at radius 1 is 0.843 bits per heavy atom. The van der Waals surface area contributed by atoms with Gasteiger partial charge in [-0.15, -0.1) is 5.54 Å². The maximum Gasteiger partial charge on any atom is 0.505 e. The quantitative estimate of drug-likeness (QED) is 0.106. The number of esters is 3. The zero-order valence-electron chi connectivity index (χ0n) is 31.5. The SMILES string of the molecule is COC1(c2ccc(C)c(Cc3ccc(C#C[Si](C(C)C)(C(C)C)C(C)C)cc3)c2)O[C@H](COC(=O)O)[C@@H](OC(C)=O)[C@H](OC(C)=O)[C@H]1OC(C)=O. The number of aryl methyl sites for hydroxylation is 1. The van der Waals surface area contributed by atoms with E-state index in [-0.39, 0.29) is 0 Å². The summed E-state index contributed by atoms with van der Waals surface area (Å²) in [7, 11) is -0.573. The van der Waals surface area contributed by atoms with Crippen LogP contribution < -0.4 is 0 Å². The zero-order valence-corrected chi connectivity index (χ0v) is 32.5. The summed E-state index contributed by atoms with van der Waals surface area (Å²) in [5, 5.41) is 9.28. The van der Waals surface area contributed by atoms with E-state index in [4.69, 9.17) is 28.4 Å². The average molecular weight is 725 g/mol. The molecule has 2 aromatic carbocycles. The Kier molecular flexibility index (Phi) is 14.0. The van der Waals surface area contributed by atoms with Crippen LogP contribution in [0.3, 0.4) is 0 Å². The van der Waals surface area contributed by atoms with Crippen LogP contribution in [-0.2, 0) is 55.0 Å². The Labute approximate surface area is 302 Å². The minimum Gasteiger partial charge on any atom is -0.455 e. The lowest BCUT2D eigenvalue weighted by Gasteiger charge is -2.50. The first-order valence-electron chi connectivity index (χ1n) is 17.2. The lowest BCUT2D eigenvalue weighted by atomic mass is 9.85. The number of ether oxygens (including phenoxy) is 6. The molecule has 2 aromatic rings. The molecule has 0 aliphatic carbocycles. The van der Waals surface area contributed by atoms with Crippen LogP contribution >= 0.6 is 0 Å². The Balaban J connectivity index is 2.10. The summed E-state index contributed by atoms with van der Waals surface area (Å²) in [6.45, 7) is 18.5. The van der Waals surface area contributed by atoms with E-state index in [0.29, 0.717) is 28.6 Å². The molecule has 3 rings (SSSR count). The van der Waals surface area contributed by atoms with Gasteiger partial charge < -0.3 is 33.5 Å². The summed E-state index contributed by atoms with van der Waals surface area (Å²) in [6.07, 6.45) is -6.79. The molecule has 1 saturated heterocycles. The van der Waals surface area contributed by atoms with E-state index in [0.717, 1.165) is 43.0 Å². The van der Waals surface area contributed by atoms with Crippen molar-refractivity contribution in [2.75, 3.05) is 13.7 Å². The van der Waals surface area contributed by atoms with Crippen molar-refractivity contribution in [2.45, 2.75) is 122 Å². The maximum absolute atomic E-state index is 12.5. The molecule has 0 spiro atoms. The number of carboxylic acid groups (broad SMARTS) is 1. The van der Waals surface area contributed by atoms with Gasteiger partial charge in [-0.1, -0.05) is 71.7 Å². The second kappa shape index (κ2) is 17.4. The van der Waals surface area contributed by atoms with Crippen LogP contribution in [0.5, 0.6) is 0 Å². The molecule has 1 N–H and O–H groups in total. The van der Waals surface area contributed by atoms with Gasteiger partial charge in [-0.25, -0.2) is 4.79 Å². The van der Waals surface area contributed by atoms with Gasteiger partial charge in [0.2, 0.25) is 11.9 Å². The molecule has 5 atom stereocenters. The molecule has 0 amide bonds. The van der Waals surface area contributed by atoms with Gasteiger partial charge in [0, 0.05) is 39.0 Å². The highest BCUT2D eigenvalue weighted by atomic mass is 28.3. The summed E-state index contributed by atoms with van der Waals surface area (Å²) in [6, 6.07) is 13.6. The van der Waals surface area contributed by atoms with Gasteiger partial charge in [0.15, 0.2) is 12.2 Å². The van der Waals surface area contributed by atoms with Crippen LogP contribution in [-0.4, -0.2) is 75.4 Å². The lowest BCUT2D eigenvalue weighted by Crippen LogP contribution is -2.67. The maximum atomic E-state index is 12.5. The molecule has 1 aliphatic rings. The van der Waals surface area contributed by atoms with E-state index in [9.17, 15) is 24.3 Å². The topological polar surface area (TPSA) is 144 Å². The predicted molar refractivity (Wildman–Crippen MR) is 193 cm³/mol. The first kappa shape index (κ1) is 41.2. The van der Waals surface area contributed by atoms with Crippen molar-refractivity contribution < 1.29 is 52.7 Å². The van der Waals surface area contributed by atoms with E-state index >= 15 is 0 Å². The normalized spacial score (nSPS) is 21.8. The summed E-state index contributed by atoms with van der Waals surface area (Å²) in [5.41, 5.74) is 9.56. The van der Waals surface area contributed by atoms with Gasteiger partial charge in [0.1, 0.15) is 20.8 Å². The molecule has 278 valence electrons. The van der Waals surface area contributed by atoms with Crippen LogP contribution in [0.1, 0.15) is 90.1 Å². The monoisotopic (exact) mass is 724 g/mol. The third-order valence-electron chi connectivity index (χ3n) is 9.65. The zero-order chi connectivity index (χ0) is 38.3. The highest BCUT2D eigenvalue weighted by molar-refractivity contribution is 6.90. The van der Waals surface area contributed by atoms with Crippen LogP contribution in [0.15, 0.2) is 42.5 Å². The van der Waals surface area contributed by atoms with Crippen molar-refractivity contribution in [3.05, 3.63) is 70.3 Å². The average Bonchev–Trinajstić information content (AvgIpc) is 3.03. The van der Waals surface area contributed by atoms with Crippen molar-refractivity contribution >= 4 is 32.1 Å². The van der Waals surface area contributed by atoms with Gasteiger partial charge in [0.25, 0.3) is 0 Å². The van der Waals surface area contributed by atoms with Gasteiger partial charge in [-0.2, -0.15) is 0 Å².